The normalized spacial score (nSPS) is 14.2. The topological polar surface area (TPSA) is 38.1 Å². The van der Waals surface area contributed by atoms with Gasteiger partial charge in [-0.15, -0.1) is 11.3 Å². The van der Waals surface area contributed by atoms with Gasteiger partial charge >= 0.3 is 0 Å². The summed E-state index contributed by atoms with van der Waals surface area (Å²) in [4.78, 5) is 15.9. The predicted octanol–water partition coefficient (Wildman–Crippen LogP) is 4.79. The Morgan fingerprint density at radius 1 is 1.25 bits per heavy atom. The monoisotopic (exact) mass is 397 g/mol. The van der Waals surface area contributed by atoms with Crippen molar-refractivity contribution in [3.63, 3.8) is 0 Å². The molecule has 2 aromatic heterocycles. The third kappa shape index (κ3) is 3.93. The molecule has 4 rings (SSSR count). The van der Waals surface area contributed by atoms with Crippen molar-refractivity contribution in [2.24, 2.45) is 0 Å². The van der Waals surface area contributed by atoms with Gasteiger partial charge in [-0.3, -0.25) is 14.4 Å². The number of thiophene rings is 1. The van der Waals surface area contributed by atoms with E-state index in [1.807, 2.05) is 0 Å². The lowest BCUT2D eigenvalue weighted by molar-refractivity contribution is 0.0973. The summed E-state index contributed by atoms with van der Waals surface area (Å²) in [5, 5.41) is 6.95. The first-order valence-corrected chi connectivity index (χ1v) is 10.7. The van der Waals surface area contributed by atoms with Crippen LogP contribution < -0.4 is 0 Å². The molecule has 0 amide bonds. The van der Waals surface area contributed by atoms with Crippen LogP contribution in [0.2, 0.25) is 0 Å². The number of fused-ring (bicyclic) bond motifs is 1. The molecule has 0 spiro atoms. The van der Waals surface area contributed by atoms with Crippen LogP contribution in [0.3, 0.4) is 0 Å². The third-order valence-corrected chi connectivity index (χ3v) is 6.19. The molecule has 0 N–H and O–H groups in total. The van der Waals surface area contributed by atoms with Crippen molar-refractivity contribution in [1.29, 1.82) is 0 Å². The molecule has 1 aliphatic rings. The van der Waals surface area contributed by atoms with Gasteiger partial charge in [0.15, 0.2) is 5.78 Å². The average molecular weight is 398 g/mol. The summed E-state index contributed by atoms with van der Waals surface area (Å²) < 4.78 is 15.1. The number of hydrogen-bond acceptors (Lipinski definition) is 4. The van der Waals surface area contributed by atoms with Crippen LogP contribution in [0.25, 0.3) is 10.6 Å². The largest absolute Gasteiger partial charge is 0.299 e. The molecule has 0 unspecified atom stereocenters. The highest BCUT2D eigenvalue weighted by molar-refractivity contribution is 7.13. The number of benzene rings is 1. The lowest BCUT2D eigenvalue weighted by atomic mass is 10.0. The SMILES string of the molecule is CCn1nc(-c2cccs2)c2c1CCN(CCCC(=O)c1ccc(F)cc1)C2. The summed E-state index contributed by atoms with van der Waals surface area (Å²) in [6, 6.07) is 10.0. The van der Waals surface area contributed by atoms with Gasteiger partial charge in [0.2, 0.25) is 0 Å². The molecule has 0 aliphatic carbocycles. The number of Topliss-reactive ketones (excluding diaryl/α,β-unsaturated/α-hetero) is 1. The van der Waals surface area contributed by atoms with Gasteiger partial charge in [0.25, 0.3) is 0 Å². The second kappa shape index (κ2) is 8.37. The molecular formula is C22H24FN3OS. The summed E-state index contributed by atoms with van der Waals surface area (Å²) in [6.45, 7) is 5.78. The van der Waals surface area contributed by atoms with Crippen LogP contribution in [-0.4, -0.2) is 33.6 Å². The first kappa shape index (κ1) is 19.0. The van der Waals surface area contributed by atoms with Gasteiger partial charge in [-0.25, -0.2) is 4.39 Å². The van der Waals surface area contributed by atoms with Crippen LogP contribution >= 0.6 is 11.3 Å². The molecule has 0 bridgehead atoms. The standard InChI is InChI=1S/C22H24FN3OS/c1-2-26-19-11-13-25(15-18(19)22(24-26)21-6-4-14-28-21)12-3-5-20(27)16-7-9-17(23)10-8-16/h4,6-10,14H,2-3,5,11-13,15H2,1H3. The van der Waals surface area contributed by atoms with E-state index in [2.05, 4.69) is 34.0 Å². The fourth-order valence-electron chi connectivity index (χ4n) is 3.85. The average Bonchev–Trinajstić information content (AvgIpc) is 3.35. The molecule has 28 heavy (non-hydrogen) atoms. The molecule has 0 atom stereocenters. The van der Waals surface area contributed by atoms with Crippen molar-refractivity contribution in [2.75, 3.05) is 13.1 Å². The Kier molecular flexibility index (Phi) is 5.69. The molecule has 0 saturated heterocycles. The second-order valence-electron chi connectivity index (χ2n) is 7.13. The quantitative estimate of drug-likeness (QED) is 0.538. The van der Waals surface area contributed by atoms with Crippen molar-refractivity contribution in [2.45, 2.75) is 39.3 Å². The van der Waals surface area contributed by atoms with E-state index < -0.39 is 0 Å². The van der Waals surface area contributed by atoms with Gasteiger partial charge in [0.1, 0.15) is 11.5 Å². The number of carbonyl (C=O) groups excluding carboxylic acids is 1. The minimum Gasteiger partial charge on any atom is -0.299 e. The van der Waals surface area contributed by atoms with Crippen molar-refractivity contribution < 1.29 is 9.18 Å². The van der Waals surface area contributed by atoms with E-state index in [-0.39, 0.29) is 11.6 Å². The molecule has 0 fully saturated rings. The molecule has 4 nitrogen and oxygen atoms in total. The number of aromatic nitrogens is 2. The highest BCUT2D eigenvalue weighted by Crippen LogP contribution is 2.32. The first-order valence-electron chi connectivity index (χ1n) is 9.79. The van der Waals surface area contributed by atoms with Crippen molar-refractivity contribution >= 4 is 17.1 Å². The van der Waals surface area contributed by atoms with Gasteiger partial charge in [-0.1, -0.05) is 6.07 Å². The maximum absolute atomic E-state index is 13.0. The van der Waals surface area contributed by atoms with E-state index in [4.69, 9.17) is 5.10 Å². The van der Waals surface area contributed by atoms with Crippen LogP contribution in [0.5, 0.6) is 0 Å². The first-order chi connectivity index (χ1) is 13.7. The van der Waals surface area contributed by atoms with E-state index in [0.29, 0.717) is 12.0 Å². The van der Waals surface area contributed by atoms with E-state index in [1.54, 1.807) is 23.5 Å². The van der Waals surface area contributed by atoms with Crippen LogP contribution in [0.15, 0.2) is 41.8 Å². The van der Waals surface area contributed by atoms with Gasteiger partial charge in [-0.05, 0) is 55.6 Å². The predicted molar refractivity (Wildman–Crippen MR) is 110 cm³/mol. The van der Waals surface area contributed by atoms with Gasteiger partial charge in [0, 0.05) is 49.3 Å². The van der Waals surface area contributed by atoms with Crippen LogP contribution in [0.4, 0.5) is 4.39 Å². The Labute approximate surface area is 168 Å². The minimum atomic E-state index is -0.310. The van der Waals surface area contributed by atoms with E-state index in [0.717, 1.165) is 44.7 Å². The summed E-state index contributed by atoms with van der Waals surface area (Å²) in [6.07, 6.45) is 2.29. The zero-order valence-corrected chi connectivity index (χ0v) is 16.8. The number of rotatable bonds is 7. The van der Waals surface area contributed by atoms with Crippen molar-refractivity contribution in [3.05, 3.63) is 64.4 Å². The summed E-state index contributed by atoms with van der Waals surface area (Å²) in [5.74, 6) is -0.231. The van der Waals surface area contributed by atoms with Gasteiger partial charge in [-0.2, -0.15) is 5.10 Å². The molecule has 3 heterocycles. The molecule has 0 radical (unpaired) electrons. The minimum absolute atomic E-state index is 0.0794. The smallest absolute Gasteiger partial charge is 0.162 e. The number of halogens is 1. The molecule has 3 aromatic rings. The van der Waals surface area contributed by atoms with Gasteiger partial charge in [0.05, 0.1) is 4.88 Å². The zero-order valence-electron chi connectivity index (χ0n) is 16.0. The highest BCUT2D eigenvalue weighted by atomic mass is 32.1. The zero-order chi connectivity index (χ0) is 19.5. The molecular weight excluding hydrogens is 373 g/mol. The van der Waals surface area contributed by atoms with Crippen LogP contribution in [0.1, 0.15) is 41.4 Å². The summed E-state index contributed by atoms with van der Waals surface area (Å²) >= 11 is 1.73. The summed E-state index contributed by atoms with van der Waals surface area (Å²) in [7, 11) is 0. The maximum atomic E-state index is 13.0. The second-order valence-corrected chi connectivity index (χ2v) is 8.07. The fourth-order valence-corrected chi connectivity index (χ4v) is 4.59. The molecule has 0 saturated carbocycles. The van der Waals surface area contributed by atoms with Gasteiger partial charge < -0.3 is 0 Å². The Morgan fingerprint density at radius 2 is 2.07 bits per heavy atom. The molecule has 1 aromatic carbocycles. The molecule has 6 heteroatoms. The Balaban J connectivity index is 1.39. The number of hydrogen-bond donors (Lipinski definition) is 0. The number of carbonyl (C=O) groups is 1. The lowest BCUT2D eigenvalue weighted by Gasteiger charge is -2.27. The lowest BCUT2D eigenvalue weighted by Crippen LogP contribution is -2.32. The maximum Gasteiger partial charge on any atom is 0.162 e. The molecule has 146 valence electrons. The highest BCUT2D eigenvalue weighted by Gasteiger charge is 2.25. The number of ketones is 1. The summed E-state index contributed by atoms with van der Waals surface area (Å²) in [5.41, 5.74) is 4.38. The van der Waals surface area contributed by atoms with Crippen molar-refractivity contribution in [1.82, 2.24) is 14.7 Å². The Morgan fingerprint density at radius 3 is 2.79 bits per heavy atom. The third-order valence-electron chi connectivity index (χ3n) is 5.31. The van der Waals surface area contributed by atoms with Crippen molar-refractivity contribution in [3.8, 4) is 10.6 Å². The van der Waals surface area contributed by atoms with Crippen LogP contribution in [-0.2, 0) is 19.5 Å². The van der Waals surface area contributed by atoms with E-state index in [9.17, 15) is 9.18 Å². The fraction of sp³-hybridized carbons (Fsp3) is 0.364. The van der Waals surface area contributed by atoms with Crippen LogP contribution in [0, 0.1) is 5.82 Å². The Hall–Kier alpha value is -2.31. The Bertz CT molecular complexity index is 947. The van der Waals surface area contributed by atoms with E-state index in [1.165, 1.54) is 28.3 Å². The number of nitrogens with zero attached hydrogens (tertiary/aromatic N) is 3. The molecule has 1 aliphatic heterocycles. The number of aryl methyl sites for hydroxylation is 1. The van der Waals surface area contributed by atoms with E-state index >= 15 is 0 Å².